The zero-order valence-electron chi connectivity index (χ0n) is 10.3. The second-order valence-corrected chi connectivity index (χ2v) is 4.37. The van der Waals surface area contributed by atoms with Crippen molar-refractivity contribution in [1.82, 2.24) is 25.3 Å². The molecule has 5 heteroatoms. The fraction of sp³-hybridized carbons (Fsp3) is 0.385. The summed E-state index contributed by atoms with van der Waals surface area (Å²) in [6.07, 6.45) is 5.33. The van der Waals surface area contributed by atoms with Crippen LogP contribution in [0, 0.1) is 0 Å². The third kappa shape index (κ3) is 1.97. The lowest BCUT2D eigenvalue weighted by molar-refractivity contribution is 0.753. The Kier molecular flexibility index (Phi) is 2.98. The molecule has 0 fully saturated rings. The predicted octanol–water partition coefficient (Wildman–Crippen LogP) is 1.49. The van der Waals surface area contributed by atoms with E-state index in [2.05, 4.69) is 32.2 Å². The van der Waals surface area contributed by atoms with E-state index in [1.807, 2.05) is 6.07 Å². The second-order valence-electron chi connectivity index (χ2n) is 4.37. The van der Waals surface area contributed by atoms with Gasteiger partial charge in [0.15, 0.2) is 5.82 Å². The van der Waals surface area contributed by atoms with Crippen LogP contribution in [0.4, 0.5) is 0 Å². The number of aryl methyl sites for hydroxylation is 1. The van der Waals surface area contributed by atoms with E-state index >= 15 is 0 Å². The summed E-state index contributed by atoms with van der Waals surface area (Å²) in [7, 11) is 0. The zero-order valence-corrected chi connectivity index (χ0v) is 10.3. The molecule has 0 aliphatic carbocycles. The zero-order chi connectivity index (χ0) is 12.4. The lowest BCUT2D eigenvalue weighted by Gasteiger charge is -2.08. The highest BCUT2D eigenvalue weighted by Crippen LogP contribution is 2.21. The highest BCUT2D eigenvalue weighted by Gasteiger charge is 2.19. The van der Waals surface area contributed by atoms with Gasteiger partial charge in [0.1, 0.15) is 12.0 Å². The molecule has 1 aliphatic rings. The molecule has 2 aromatic rings. The van der Waals surface area contributed by atoms with Crippen molar-refractivity contribution in [3.05, 3.63) is 35.5 Å². The Morgan fingerprint density at radius 2 is 2.22 bits per heavy atom. The molecule has 0 radical (unpaired) electrons. The predicted molar refractivity (Wildman–Crippen MR) is 67.6 cm³/mol. The molecule has 0 atom stereocenters. The topological polar surface area (TPSA) is 63.6 Å². The number of aromatic nitrogens is 4. The first kappa shape index (κ1) is 11.2. The smallest absolute Gasteiger partial charge is 0.178 e. The molecule has 0 saturated heterocycles. The summed E-state index contributed by atoms with van der Waals surface area (Å²) in [6, 6.07) is 1.85. The lowest BCUT2D eigenvalue weighted by Crippen LogP contribution is -2.04. The van der Waals surface area contributed by atoms with E-state index in [0.29, 0.717) is 5.82 Å². The molecule has 3 rings (SSSR count). The Labute approximate surface area is 106 Å². The van der Waals surface area contributed by atoms with Gasteiger partial charge in [-0.05, 0) is 12.5 Å². The minimum atomic E-state index is 0.711. The van der Waals surface area contributed by atoms with Gasteiger partial charge in [-0.2, -0.15) is 0 Å². The van der Waals surface area contributed by atoms with Crippen LogP contribution in [0.5, 0.6) is 0 Å². The molecule has 92 valence electrons. The van der Waals surface area contributed by atoms with Crippen LogP contribution < -0.4 is 5.32 Å². The average molecular weight is 241 g/mol. The largest absolute Gasteiger partial charge is 0.307 e. The molecule has 0 unspecified atom stereocenters. The first-order valence-corrected chi connectivity index (χ1v) is 6.24. The van der Waals surface area contributed by atoms with E-state index < -0.39 is 0 Å². The van der Waals surface area contributed by atoms with Gasteiger partial charge in [0.25, 0.3) is 0 Å². The van der Waals surface area contributed by atoms with Crippen LogP contribution in [-0.4, -0.2) is 19.9 Å². The van der Waals surface area contributed by atoms with Gasteiger partial charge in [0.05, 0.1) is 5.69 Å². The van der Waals surface area contributed by atoms with E-state index in [0.717, 1.165) is 43.0 Å². The summed E-state index contributed by atoms with van der Waals surface area (Å²) >= 11 is 0. The molecule has 0 amide bonds. The number of rotatable bonds is 3. The summed E-state index contributed by atoms with van der Waals surface area (Å²) in [6.45, 7) is 3.88. The molecule has 18 heavy (non-hydrogen) atoms. The molecule has 2 aromatic heterocycles. The van der Waals surface area contributed by atoms with Crippen molar-refractivity contribution in [2.75, 3.05) is 0 Å². The molecule has 0 bridgehead atoms. The fourth-order valence-corrected chi connectivity index (χ4v) is 2.22. The van der Waals surface area contributed by atoms with Crippen molar-refractivity contribution >= 4 is 0 Å². The summed E-state index contributed by atoms with van der Waals surface area (Å²) in [4.78, 5) is 17.4. The van der Waals surface area contributed by atoms with Gasteiger partial charge in [-0.25, -0.2) is 19.9 Å². The SMILES string of the molecule is CCCc1nc(-c2ccncn2)nc2c1CNC2. The highest BCUT2D eigenvalue weighted by atomic mass is 15.0. The van der Waals surface area contributed by atoms with E-state index in [4.69, 9.17) is 0 Å². The Hall–Kier alpha value is -1.88. The van der Waals surface area contributed by atoms with Gasteiger partial charge in [0, 0.05) is 30.5 Å². The van der Waals surface area contributed by atoms with Crippen LogP contribution in [0.25, 0.3) is 11.5 Å². The van der Waals surface area contributed by atoms with Crippen molar-refractivity contribution in [2.24, 2.45) is 0 Å². The number of nitrogens with one attached hydrogen (secondary N) is 1. The van der Waals surface area contributed by atoms with Gasteiger partial charge >= 0.3 is 0 Å². The van der Waals surface area contributed by atoms with Crippen molar-refractivity contribution in [3.8, 4) is 11.5 Å². The van der Waals surface area contributed by atoms with Gasteiger partial charge in [-0.15, -0.1) is 0 Å². The first-order valence-electron chi connectivity index (χ1n) is 6.24. The maximum Gasteiger partial charge on any atom is 0.178 e. The van der Waals surface area contributed by atoms with Crippen molar-refractivity contribution in [3.63, 3.8) is 0 Å². The molecule has 3 heterocycles. The molecule has 1 N–H and O–H groups in total. The highest BCUT2D eigenvalue weighted by molar-refractivity contribution is 5.50. The fourth-order valence-electron chi connectivity index (χ4n) is 2.22. The monoisotopic (exact) mass is 241 g/mol. The van der Waals surface area contributed by atoms with E-state index in [9.17, 15) is 0 Å². The third-order valence-electron chi connectivity index (χ3n) is 3.07. The van der Waals surface area contributed by atoms with Gasteiger partial charge < -0.3 is 5.32 Å². The molecule has 5 nitrogen and oxygen atoms in total. The van der Waals surface area contributed by atoms with Gasteiger partial charge in [-0.3, -0.25) is 0 Å². The Morgan fingerprint density at radius 1 is 1.28 bits per heavy atom. The quantitative estimate of drug-likeness (QED) is 0.882. The van der Waals surface area contributed by atoms with E-state index in [1.165, 1.54) is 11.9 Å². The van der Waals surface area contributed by atoms with Gasteiger partial charge in [-0.1, -0.05) is 13.3 Å². The molecule has 1 aliphatic heterocycles. The van der Waals surface area contributed by atoms with Crippen LogP contribution >= 0.6 is 0 Å². The Bertz CT molecular complexity index is 553. The molecule has 0 saturated carbocycles. The summed E-state index contributed by atoms with van der Waals surface area (Å²) < 4.78 is 0. The van der Waals surface area contributed by atoms with Gasteiger partial charge in [0.2, 0.25) is 0 Å². The first-order chi connectivity index (χ1) is 8.88. The van der Waals surface area contributed by atoms with E-state index in [-0.39, 0.29) is 0 Å². The number of hydrogen-bond acceptors (Lipinski definition) is 5. The average Bonchev–Trinajstić information content (AvgIpc) is 2.88. The van der Waals surface area contributed by atoms with Crippen molar-refractivity contribution in [1.29, 1.82) is 0 Å². The molecule has 0 spiro atoms. The van der Waals surface area contributed by atoms with Crippen molar-refractivity contribution < 1.29 is 0 Å². The maximum atomic E-state index is 4.66. The van der Waals surface area contributed by atoms with Crippen LogP contribution in [0.2, 0.25) is 0 Å². The van der Waals surface area contributed by atoms with Crippen LogP contribution in [0.15, 0.2) is 18.6 Å². The number of nitrogens with zero attached hydrogens (tertiary/aromatic N) is 4. The lowest BCUT2D eigenvalue weighted by atomic mass is 10.1. The molecular weight excluding hydrogens is 226 g/mol. The summed E-state index contributed by atoms with van der Waals surface area (Å²) in [5, 5.41) is 3.33. The molecule has 0 aromatic carbocycles. The van der Waals surface area contributed by atoms with Crippen LogP contribution in [0.1, 0.15) is 30.3 Å². The third-order valence-corrected chi connectivity index (χ3v) is 3.07. The van der Waals surface area contributed by atoms with Crippen LogP contribution in [-0.2, 0) is 19.5 Å². The maximum absolute atomic E-state index is 4.66. The summed E-state index contributed by atoms with van der Waals surface area (Å²) in [5.41, 5.74) is 4.33. The van der Waals surface area contributed by atoms with Crippen LogP contribution in [0.3, 0.4) is 0 Å². The normalized spacial score (nSPS) is 13.6. The summed E-state index contributed by atoms with van der Waals surface area (Å²) in [5.74, 6) is 0.711. The number of fused-ring (bicyclic) bond motifs is 1. The second kappa shape index (κ2) is 4.78. The minimum Gasteiger partial charge on any atom is -0.307 e. The standard InChI is InChI=1S/C13H15N5/c1-2-3-10-9-6-15-7-12(9)18-13(17-10)11-4-5-14-8-16-11/h4-5,8,15H,2-3,6-7H2,1H3. The Balaban J connectivity index is 2.09. The number of hydrogen-bond donors (Lipinski definition) is 1. The Morgan fingerprint density at radius 3 is 3.00 bits per heavy atom. The minimum absolute atomic E-state index is 0.711. The van der Waals surface area contributed by atoms with Crippen molar-refractivity contribution in [2.45, 2.75) is 32.9 Å². The molecular formula is C13H15N5. The van der Waals surface area contributed by atoms with E-state index in [1.54, 1.807) is 6.20 Å².